The summed E-state index contributed by atoms with van der Waals surface area (Å²) in [6.07, 6.45) is 0.425. The minimum atomic E-state index is -1.08. The average Bonchev–Trinajstić information content (AvgIpc) is 2.87. The second-order valence-corrected chi connectivity index (χ2v) is 5.22. The third kappa shape index (κ3) is 2.66. The number of carbonyl (C=O) groups excluding carboxylic acids is 1. The van der Waals surface area contributed by atoms with Crippen LogP contribution in [0.25, 0.3) is 0 Å². The molecule has 0 bridgehead atoms. The van der Waals surface area contributed by atoms with Gasteiger partial charge in [-0.25, -0.2) is 8.78 Å². The fourth-order valence-electron chi connectivity index (χ4n) is 2.32. The van der Waals surface area contributed by atoms with Crippen molar-refractivity contribution in [3.8, 4) is 0 Å². The van der Waals surface area contributed by atoms with E-state index in [1.807, 2.05) is 0 Å². The monoisotopic (exact) mass is 284 g/mol. The number of benzene rings is 1. The van der Waals surface area contributed by atoms with Crippen molar-refractivity contribution in [1.29, 1.82) is 0 Å². The van der Waals surface area contributed by atoms with Crippen LogP contribution in [0, 0.1) is 11.6 Å². The lowest BCUT2D eigenvalue weighted by atomic mass is 9.96. The molecule has 1 fully saturated rings. The van der Waals surface area contributed by atoms with Gasteiger partial charge in [-0.1, -0.05) is 0 Å². The summed E-state index contributed by atoms with van der Waals surface area (Å²) in [5, 5.41) is 0. The number of nitrogens with zero attached hydrogens (tertiary/aromatic N) is 1. The summed E-state index contributed by atoms with van der Waals surface area (Å²) in [5.74, 6) is -1.42. The first-order valence-corrected chi connectivity index (χ1v) is 6.44. The number of halogens is 2. The number of hydrogen-bond donors (Lipinski definition) is 1. The third-order valence-electron chi connectivity index (χ3n) is 3.79. The molecule has 1 heterocycles. The molecule has 1 saturated heterocycles. The van der Waals surface area contributed by atoms with Gasteiger partial charge < -0.3 is 15.4 Å². The largest absolute Gasteiger partial charge is 0.379 e. The van der Waals surface area contributed by atoms with Gasteiger partial charge in [-0.3, -0.25) is 4.79 Å². The Morgan fingerprint density at radius 1 is 1.50 bits per heavy atom. The SMILES string of the molecule is CC(c1cc(F)ccc1F)N(C)C(=O)C1(N)CCOC1. The predicted molar refractivity (Wildman–Crippen MR) is 69.9 cm³/mol. The topological polar surface area (TPSA) is 55.6 Å². The Morgan fingerprint density at radius 2 is 2.20 bits per heavy atom. The number of amides is 1. The highest BCUT2D eigenvalue weighted by molar-refractivity contribution is 5.86. The Morgan fingerprint density at radius 3 is 2.80 bits per heavy atom. The van der Waals surface area contributed by atoms with Crippen LogP contribution < -0.4 is 5.73 Å². The molecule has 0 radical (unpaired) electrons. The third-order valence-corrected chi connectivity index (χ3v) is 3.79. The first-order valence-electron chi connectivity index (χ1n) is 6.44. The number of ether oxygens (including phenoxy) is 1. The van der Waals surface area contributed by atoms with E-state index in [-0.39, 0.29) is 18.1 Å². The van der Waals surface area contributed by atoms with Gasteiger partial charge in [0.1, 0.15) is 17.2 Å². The average molecular weight is 284 g/mol. The molecular formula is C14H18F2N2O2. The Balaban J connectivity index is 2.21. The van der Waals surface area contributed by atoms with Crippen molar-refractivity contribution in [2.24, 2.45) is 5.73 Å². The Bertz CT molecular complexity index is 516. The number of nitrogens with two attached hydrogens (primary N) is 1. The standard InChI is InChI=1S/C14H18F2N2O2/c1-9(11-7-10(15)3-4-12(11)16)18(2)13(19)14(17)5-6-20-8-14/h3-4,7,9H,5-6,8,17H2,1-2H3. The molecule has 0 aromatic heterocycles. The molecule has 0 aliphatic carbocycles. The van der Waals surface area contributed by atoms with E-state index in [2.05, 4.69) is 0 Å². The van der Waals surface area contributed by atoms with Crippen molar-refractivity contribution in [1.82, 2.24) is 4.90 Å². The van der Waals surface area contributed by atoms with Crippen LogP contribution in [0.1, 0.15) is 24.9 Å². The molecular weight excluding hydrogens is 266 g/mol. The van der Waals surface area contributed by atoms with Gasteiger partial charge in [0, 0.05) is 19.2 Å². The highest BCUT2D eigenvalue weighted by atomic mass is 19.1. The summed E-state index contributed by atoms with van der Waals surface area (Å²) < 4.78 is 32.1. The predicted octanol–water partition coefficient (Wildman–Crippen LogP) is 1.60. The molecule has 20 heavy (non-hydrogen) atoms. The number of hydrogen-bond acceptors (Lipinski definition) is 3. The summed E-state index contributed by atoms with van der Waals surface area (Å²) in [7, 11) is 1.53. The molecule has 0 saturated carbocycles. The summed E-state index contributed by atoms with van der Waals surface area (Å²) >= 11 is 0. The smallest absolute Gasteiger partial charge is 0.245 e. The second kappa shape index (κ2) is 5.46. The summed E-state index contributed by atoms with van der Waals surface area (Å²) in [6.45, 7) is 2.21. The van der Waals surface area contributed by atoms with Crippen LogP contribution in [-0.2, 0) is 9.53 Å². The van der Waals surface area contributed by atoms with E-state index in [0.29, 0.717) is 13.0 Å². The van der Waals surface area contributed by atoms with Crippen molar-refractivity contribution in [3.05, 3.63) is 35.4 Å². The van der Waals surface area contributed by atoms with Crippen LogP contribution in [0.2, 0.25) is 0 Å². The maximum Gasteiger partial charge on any atom is 0.245 e. The molecule has 2 unspecified atom stereocenters. The zero-order valence-electron chi connectivity index (χ0n) is 11.5. The quantitative estimate of drug-likeness (QED) is 0.917. The van der Waals surface area contributed by atoms with Crippen LogP contribution in [0.3, 0.4) is 0 Å². The van der Waals surface area contributed by atoms with Gasteiger partial charge >= 0.3 is 0 Å². The molecule has 2 atom stereocenters. The van der Waals surface area contributed by atoms with Gasteiger partial charge in [-0.15, -0.1) is 0 Å². The minimum absolute atomic E-state index is 0.128. The van der Waals surface area contributed by atoms with E-state index >= 15 is 0 Å². The van der Waals surface area contributed by atoms with Gasteiger partial charge in [-0.05, 0) is 31.5 Å². The van der Waals surface area contributed by atoms with Crippen LogP contribution in [0.5, 0.6) is 0 Å². The highest BCUT2D eigenvalue weighted by Gasteiger charge is 2.41. The fraction of sp³-hybridized carbons (Fsp3) is 0.500. The molecule has 4 nitrogen and oxygen atoms in total. The van der Waals surface area contributed by atoms with E-state index in [0.717, 1.165) is 18.2 Å². The van der Waals surface area contributed by atoms with Crippen molar-refractivity contribution in [2.75, 3.05) is 20.3 Å². The van der Waals surface area contributed by atoms with Crippen molar-refractivity contribution in [2.45, 2.75) is 24.9 Å². The van der Waals surface area contributed by atoms with Crippen LogP contribution in [0.4, 0.5) is 8.78 Å². The van der Waals surface area contributed by atoms with Gasteiger partial charge in [0.25, 0.3) is 0 Å². The number of likely N-dealkylation sites (N-methyl/N-ethyl adjacent to an activating group) is 1. The number of rotatable bonds is 3. The lowest BCUT2D eigenvalue weighted by molar-refractivity contribution is -0.137. The van der Waals surface area contributed by atoms with Crippen LogP contribution in [-0.4, -0.2) is 36.6 Å². The first-order chi connectivity index (χ1) is 9.35. The molecule has 0 spiro atoms. The van der Waals surface area contributed by atoms with E-state index in [4.69, 9.17) is 10.5 Å². The molecule has 1 aliphatic heterocycles. The van der Waals surface area contributed by atoms with Crippen molar-refractivity contribution in [3.63, 3.8) is 0 Å². The maximum absolute atomic E-state index is 13.8. The first kappa shape index (κ1) is 14.9. The molecule has 1 aliphatic rings. The second-order valence-electron chi connectivity index (χ2n) is 5.22. The van der Waals surface area contributed by atoms with E-state index in [1.165, 1.54) is 11.9 Å². The maximum atomic E-state index is 13.8. The molecule has 2 N–H and O–H groups in total. The van der Waals surface area contributed by atoms with Crippen molar-refractivity contribution >= 4 is 5.91 Å². The van der Waals surface area contributed by atoms with Crippen molar-refractivity contribution < 1.29 is 18.3 Å². The molecule has 2 rings (SSSR count). The molecule has 1 aromatic rings. The van der Waals surface area contributed by atoms with Gasteiger partial charge in [0.05, 0.1) is 12.6 Å². The molecule has 1 amide bonds. The van der Waals surface area contributed by atoms with E-state index in [9.17, 15) is 13.6 Å². The van der Waals surface area contributed by atoms with Crippen LogP contribution >= 0.6 is 0 Å². The Labute approximate surface area is 116 Å². The van der Waals surface area contributed by atoms with Gasteiger partial charge in [0.2, 0.25) is 5.91 Å². The Kier molecular flexibility index (Phi) is 4.06. The van der Waals surface area contributed by atoms with E-state index in [1.54, 1.807) is 6.92 Å². The summed E-state index contributed by atoms with van der Waals surface area (Å²) in [6, 6.07) is 2.58. The Hall–Kier alpha value is -1.53. The zero-order chi connectivity index (χ0) is 14.9. The van der Waals surface area contributed by atoms with Crippen LogP contribution in [0.15, 0.2) is 18.2 Å². The van der Waals surface area contributed by atoms with E-state index < -0.39 is 23.2 Å². The fourth-order valence-corrected chi connectivity index (χ4v) is 2.32. The molecule has 1 aromatic carbocycles. The lowest BCUT2D eigenvalue weighted by Crippen LogP contribution is -2.55. The zero-order valence-corrected chi connectivity index (χ0v) is 11.5. The normalized spacial score (nSPS) is 23.6. The number of carbonyl (C=O) groups is 1. The lowest BCUT2D eigenvalue weighted by Gasteiger charge is -2.32. The van der Waals surface area contributed by atoms with Gasteiger partial charge in [0.15, 0.2) is 0 Å². The minimum Gasteiger partial charge on any atom is -0.379 e. The highest BCUT2D eigenvalue weighted by Crippen LogP contribution is 2.26. The van der Waals surface area contributed by atoms with Gasteiger partial charge in [-0.2, -0.15) is 0 Å². The molecule has 6 heteroatoms. The summed E-state index contributed by atoms with van der Waals surface area (Å²) in [5.41, 5.74) is 5.05. The molecule has 110 valence electrons. The summed E-state index contributed by atoms with van der Waals surface area (Å²) in [4.78, 5) is 13.7.